The Morgan fingerprint density at radius 1 is 1.15 bits per heavy atom. The van der Waals surface area contributed by atoms with E-state index in [1.807, 2.05) is 13.0 Å². The van der Waals surface area contributed by atoms with Crippen LogP contribution in [0.3, 0.4) is 0 Å². The smallest absolute Gasteiger partial charge is 0.158 e. The van der Waals surface area contributed by atoms with Crippen molar-refractivity contribution in [2.75, 3.05) is 6.61 Å². The SMILES string of the molecule is Cc1nc2c(-c3cc4cc(CNC(CO)C(C)C)ccc4[nH]3)ccnc2[nH]1. The van der Waals surface area contributed by atoms with Crippen LogP contribution in [0, 0.1) is 12.8 Å². The van der Waals surface area contributed by atoms with Crippen LogP contribution >= 0.6 is 0 Å². The van der Waals surface area contributed by atoms with Gasteiger partial charge in [0.05, 0.1) is 6.61 Å². The fraction of sp³-hybridized carbons (Fsp3) is 0.333. The highest BCUT2D eigenvalue weighted by atomic mass is 16.3. The molecule has 0 saturated carbocycles. The van der Waals surface area contributed by atoms with Crippen molar-refractivity contribution in [2.45, 2.75) is 33.4 Å². The topological polar surface area (TPSA) is 89.6 Å². The summed E-state index contributed by atoms with van der Waals surface area (Å²) >= 11 is 0. The predicted octanol–water partition coefficient (Wildman–Crippen LogP) is 3.52. The zero-order valence-electron chi connectivity index (χ0n) is 15.9. The Hall–Kier alpha value is -2.70. The van der Waals surface area contributed by atoms with Crippen LogP contribution in [-0.2, 0) is 6.54 Å². The lowest BCUT2D eigenvalue weighted by atomic mass is 10.0. The van der Waals surface area contributed by atoms with E-state index in [2.05, 4.69) is 63.4 Å². The van der Waals surface area contributed by atoms with E-state index in [-0.39, 0.29) is 12.6 Å². The largest absolute Gasteiger partial charge is 0.395 e. The van der Waals surface area contributed by atoms with Crippen LogP contribution in [-0.4, -0.2) is 37.7 Å². The molecular formula is C21H25N5O. The van der Waals surface area contributed by atoms with E-state index in [4.69, 9.17) is 0 Å². The van der Waals surface area contributed by atoms with Gasteiger partial charge in [0.1, 0.15) is 11.3 Å². The van der Waals surface area contributed by atoms with Crippen molar-refractivity contribution >= 4 is 22.1 Å². The Morgan fingerprint density at radius 3 is 2.78 bits per heavy atom. The van der Waals surface area contributed by atoms with Crippen molar-refractivity contribution in [3.63, 3.8) is 0 Å². The summed E-state index contributed by atoms with van der Waals surface area (Å²) in [5, 5.41) is 14.1. The fourth-order valence-electron chi connectivity index (χ4n) is 3.44. The summed E-state index contributed by atoms with van der Waals surface area (Å²) in [5.41, 5.74) is 6.05. The summed E-state index contributed by atoms with van der Waals surface area (Å²) in [6.07, 6.45) is 1.80. The predicted molar refractivity (Wildman–Crippen MR) is 108 cm³/mol. The van der Waals surface area contributed by atoms with Gasteiger partial charge in [0, 0.05) is 40.9 Å². The number of nitrogens with one attached hydrogen (secondary N) is 3. The molecule has 6 nitrogen and oxygen atoms in total. The molecule has 0 fully saturated rings. The minimum absolute atomic E-state index is 0.107. The number of nitrogens with zero attached hydrogens (tertiary/aromatic N) is 2. The number of benzene rings is 1. The second kappa shape index (κ2) is 7.13. The van der Waals surface area contributed by atoms with Crippen molar-refractivity contribution < 1.29 is 5.11 Å². The standard InChI is InChI=1S/C21H25N5O/c1-12(2)19(11-27)23-10-14-4-5-17-15(8-14)9-18(26-17)16-6-7-22-21-20(16)24-13(3)25-21/h4-9,12,19,23,26-27H,10-11H2,1-3H3,(H,22,24,25). The van der Waals surface area contributed by atoms with Gasteiger partial charge in [0.2, 0.25) is 0 Å². The second-order valence-electron chi connectivity index (χ2n) is 7.40. The highest BCUT2D eigenvalue weighted by molar-refractivity contribution is 5.94. The minimum Gasteiger partial charge on any atom is -0.395 e. The molecule has 0 aliphatic carbocycles. The van der Waals surface area contributed by atoms with Crippen LogP contribution in [0.25, 0.3) is 33.3 Å². The lowest BCUT2D eigenvalue weighted by Gasteiger charge is -2.19. The molecular weight excluding hydrogens is 338 g/mol. The van der Waals surface area contributed by atoms with E-state index in [0.29, 0.717) is 5.92 Å². The molecule has 1 aromatic carbocycles. The monoisotopic (exact) mass is 363 g/mol. The average Bonchev–Trinajstić information content (AvgIpc) is 3.23. The fourth-order valence-corrected chi connectivity index (χ4v) is 3.44. The number of hydrogen-bond acceptors (Lipinski definition) is 4. The molecule has 0 spiro atoms. The number of H-pyrrole nitrogens is 2. The van der Waals surface area contributed by atoms with E-state index < -0.39 is 0 Å². The van der Waals surface area contributed by atoms with Crippen molar-refractivity contribution in [2.24, 2.45) is 5.92 Å². The number of rotatable bonds is 6. The molecule has 1 unspecified atom stereocenters. The molecule has 4 aromatic rings. The molecule has 0 aliphatic rings. The Kier molecular flexibility index (Phi) is 4.68. The molecule has 0 aliphatic heterocycles. The van der Waals surface area contributed by atoms with Crippen LogP contribution in [0.4, 0.5) is 0 Å². The molecule has 140 valence electrons. The molecule has 3 aromatic heterocycles. The zero-order valence-corrected chi connectivity index (χ0v) is 15.9. The molecule has 4 rings (SSSR count). The van der Waals surface area contributed by atoms with Crippen molar-refractivity contribution in [1.82, 2.24) is 25.3 Å². The lowest BCUT2D eigenvalue weighted by molar-refractivity contribution is 0.210. The molecule has 27 heavy (non-hydrogen) atoms. The summed E-state index contributed by atoms with van der Waals surface area (Å²) < 4.78 is 0. The number of pyridine rings is 1. The minimum atomic E-state index is 0.107. The number of aliphatic hydroxyl groups excluding tert-OH is 1. The number of imidazole rings is 1. The van der Waals surface area contributed by atoms with Gasteiger partial charge in [-0.2, -0.15) is 0 Å². The number of fused-ring (bicyclic) bond motifs is 2. The first-order valence-corrected chi connectivity index (χ1v) is 9.32. The third kappa shape index (κ3) is 3.46. The summed E-state index contributed by atoms with van der Waals surface area (Å²) in [4.78, 5) is 15.6. The molecule has 0 saturated heterocycles. The third-order valence-corrected chi connectivity index (χ3v) is 5.05. The Bertz CT molecular complexity index is 1080. The van der Waals surface area contributed by atoms with Gasteiger partial charge in [0.25, 0.3) is 0 Å². The molecule has 0 radical (unpaired) electrons. The van der Waals surface area contributed by atoms with Gasteiger partial charge in [-0.05, 0) is 42.7 Å². The molecule has 6 heteroatoms. The van der Waals surface area contributed by atoms with E-state index in [1.165, 1.54) is 5.56 Å². The third-order valence-electron chi connectivity index (χ3n) is 5.05. The summed E-state index contributed by atoms with van der Waals surface area (Å²) in [7, 11) is 0. The van der Waals surface area contributed by atoms with Crippen molar-refractivity contribution in [3.8, 4) is 11.3 Å². The number of hydrogen-bond donors (Lipinski definition) is 4. The van der Waals surface area contributed by atoms with Gasteiger partial charge in [0.15, 0.2) is 5.65 Å². The van der Waals surface area contributed by atoms with Gasteiger partial charge in [-0.25, -0.2) is 9.97 Å². The first kappa shape index (κ1) is 17.7. The van der Waals surface area contributed by atoms with E-state index in [0.717, 1.165) is 45.7 Å². The maximum absolute atomic E-state index is 9.48. The van der Waals surface area contributed by atoms with E-state index >= 15 is 0 Å². The number of aromatic nitrogens is 4. The Labute approximate surface area is 158 Å². The summed E-state index contributed by atoms with van der Waals surface area (Å²) in [6.45, 7) is 7.05. The van der Waals surface area contributed by atoms with Gasteiger partial charge in [-0.1, -0.05) is 19.9 Å². The van der Waals surface area contributed by atoms with Gasteiger partial charge >= 0.3 is 0 Å². The second-order valence-corrected chi connectivity index (χ2v) is 7.40. The first-order chi connectivity index (χ1) is 13.0. The van der Waals surface area contributed by atoms with Gasteiger partial charge in [-0.3, -0.25) is 0 Å². The number of aryl methyl sites for hydroxylation is 1. The van der Waals surface area contributed by atoms with Crippen LogP contribution in [0.15, 0.2) is 36.5 Å². The first-order valence-electron chi connectivity index (χ1n) is 9.32. The van der Waals surface area contributed by atoms with Crippen LogP contribution < -0.4 is 5.32 Å². The molecule has 4 N–H and O–H groups in total. The zero-order chi connectivity index (χ0) is 19.0. The van der Waals surface area contributed by atoms with E-state index in [9.17, 15) is 5.11 Å². The van der Waals surface area contributed by atoms with Crippen molar-refractivity contribution in [3.05, 3.63) is 47.9 Å². The van der Waals surface area contributed by atoms with Gasteiger partial charge in [-0.15, -0.1) is 0 Å². The van der Waals surface area contributed by atoms with Crippen LogP contribution in [0.1, 0.15) is 25.2 Å². The normalized spacial score (nSPS) is 13.1. The molecule has 1 atom stereocenters. The maximum Gasteiger partial charge on any atom is 0.158 e. The highest BCUT2D eigenvalue weighted by Gasteiger charge is 2.13. The lowest BCUT2D eigenvalue weighted by Crippen LogP contribution is -2.36. The van der Waals surface area contributed by atoms with E-state index in [1.54, 1.807) is 6.20 Å². The maximum atomic E-state index is 9.48. The average molecular weight is 363 g/mol. The summed E-state index contributed by atoms with van der Waals surface area (Å²) in [6, 6.07) is 10.7. The van der Waals surface area contributed by atoms with Crippen LogP contribution in [0.2, 0.25) is 0 Å². The highest BCUT2D eigenvalue weighted by Crippen LogP contribution is 2.29. The van der Waals surface area contributed by atoms with Crippen molar-refractivity contribution in [1.29, 1.82) is 0 Å². The van der Waals surface area contributed by atoms with Crippen LogP contribution in [0.5, 0.6) is 0 Å². The molecule has 0 bridgehead atoms. The number of aromatic amines is 2. The quantitative estimate of drug-likeness (QED) is 0.422. The molecule has 3 heterocycles. The Morgan fingerprint density at radius 2 is 2.00 bits per heavy atom. The number of aliphatic hydroxyl groups is 1. The molecule has 0 amide bonds. The summed E-state index contributed by atoms with van der Waals surface area (Å²) in [5.74, 6) is 1.25. The Balaban J connectivity index is 1.64. The van der Waals surface area contributed by atoms with Gasteiger partial charge < -0.3 is 20.4 Å².